The van der Waals surface area contributed by atoms with Gasteiger partial charge in [-0.3, -0.25) is 14.4 Å². The van der Waals surface area contributed by atoms with Gasteiger partial charge in [0.1, 0.15) is 11.5 Å². The highest BCUT2D eigenvalue weighted by Crippen LogP contribution is 2.49. The zero-order valence-corrected chi connectivity index (χ0v) is 24.6. The van der Waals surface area contributed by atoms with Crippen LogP contribution >= 0.6 is 0 Å². The van der Waals surface area contributed by atoms with E-state index in [1.807, 2.05) is 32.9 Å². The fraction of sp³-hybridized carbons (Fsp3) is 0.515. The maximum Gasteiger partial charge on any atom is 0.276 e. The van der Waals surface area contributed by atoms with E-state index in [9.17, 15) is 19.5 Å². The molecule has 4 aliphatic rings. The molecule has 1 fully saturated rings. The summed E-state index contributed by atoms with van der Waals surface area (Å²) in [5.41, 5.74) is 3.42. The lowest BCUT2D eigenvalue weighted by molar-refractivity contribution is -0.127. The monoisotopic (exact) mass is 543 g/mol. The van der Waals surface area contributed by atoms with E-state index in [4.69, 9.17) is 0 Å². The number of nitrogens with zero attached hydrogens (tertiary/aromatic N) is 3. The number of rotatable bonds is 7. The summed E-state index contributed by atoms with van der Waals surface area (Å²) in [5.74, 6) is -0.279. The smallest absolute Gasteiger partial charge is 0.276 e. The second kappa shape index (κ2) is 10.2. The van der Waals surface area contributed by atoms with Gasteiger partial charge in [0.05, 0.1) is 22.4 Å². The molecule has 0 radical (unpaired) electrons. The Morgan fingerprint density at radius 2 is 1.80 bits per heavy atom. The van der Waals surface area contributed by atoms with Crippen molar-refractivity contribution in [3.63, 3.8) is 0 Å². The van der Waals surface area contributed by atoms with Gasteiger partial charge in [0.15, 0.2) is 0 Å². The highest BCUT2D eigenvalue weighted by Gasteiger charge is 2.45. The van der Waals surface area contributed by atoms with Crippen molar-refractivity contribution in [2.75, 3.05) is 18.0 Å². The number of para-hydroxylation sites is 1. The van der Waals surface area contributed by atoms with Crippen LogP contribution in [0, 0.1) is 11.3 Å². The molecule has 2 aliphatic heterocycles. The van der Waals surface area contributed by atoms with Crippen molar-refractivity contribution in [3.8, 4) is 0 Å². The number of hydrogen-bond donors (Lipinski definition) is 1. The average Bonchev–Trinajstić information content (AvgIpc) is 3.56. The topological polar surface area (TPSA) is 90.3 Å². The lowest BCUT2D eigenvalue weighted by Gasteiger charge is -2.29. The molecule has 40 heavy (non-hydrogen) atoms. The van der Waals surface area contributed by atoms with Crippen molar-refractivity contribution in [3.05, 3.63) is 64.1 Å². The molecule has 1 aromatic carbocycles. The summed E-state index contributed by atoms with van der Waals surface area (Å²) >= 11 is 0. The number of anilines is 1. The van der Waals surface area contributed by atoms with E-state index < -0.39 is 5.41 Å². The van der Waals surface area contributed by atoms with Crippen molar-refractivity contribution in [1.29, 1.82) is 0 Å². The highest BCUT2D eigenvalue weighted by molar-refractivity contribution is 6.33. The molecule has 7 heteroatoms. The third-order valence-electron chi connectivity index (χ3n) is 8.61. The molecular formula is C33H41N3O4. The summed E-state index contributed by atoms with van der Waals surface area (Å²) in [6, 6.07) is 8.18. The number of carbonyl (C=O) groups excluding carboxylic acids is 3. The molecule has 212 valence electrons. The number of aliphatic hydroxyl groups excluding tert-OH is 1. The van der Waals surface area contributed by atoms with Crippen LogP contribution in [0.1, 0.15) is 85.6 Å². The molecule has 5 rings (SSSR count). The van der Waals surface area contributed by atoms with Crippen LogP contribution < -0.4 is 4.90 Å². The maximum absolute atomic E-state index is 13.5. The molecule has 0 saturated heterocycles. The molecule has 1 aromatic rings. The van der Waals surface area contributed by atoms with Gasteiger partial charge < -0.3 is 10.0 Å². The predicted octanol–water partition coefficient (Wildman–Crippen LogP) is 6.16. The van der Waals surface area contributed by atoms with E-state index in [0.29, 0.717) is 31.0 Å². The zero-order chi connectivity index (χ0) is 29.0. The van der Waals surface area contributed by atoms with Crippen LogP contribution in [0.25, 0.3) is 0 Å². The Bertz CT molecular complexity index is 1400. The van der Waals surface area contributed by atoms with Gasteiger partial charge in [0.2, 0.25) is 5.78 Å². The van der Waals surface area contributed by atoms with Crippen molar-refractivity contribution in [2.45, 2.75) is 85.5 Å². The minimum atomic E-state index is -0.410. The number of aliphatic hydroxyl groups is 1. The maximum atomic E-state index is 13.5. The van der Waals surface area contributed by atoms with Crippen LogP contribution in [0.3, 0.4) is 0 Å². The van der Waals surface area contributed by atoms with Gasteiger partial charge in [-0.1, -0.05) is 65.7 Å². The average molecular weight is 544 g/mol. The molecule has 7 nitrogen and oxygen atoms in total. The third kappa shape index (κ3) is 4.84. The van der Waals surface area contributed by atoms with Gasteiger partial charge in [-0.25, -0.2) is 5.01 Å². The van der Waals surface area contributed by atoms with Crippen LogP contribution in [0.15, 0.2) is 63.6 Å². The number of hydrogen-bond acceptors (Lipinski definition) is 6. The quantitative estimate of drug-likeness (QED) is 0.416. The summed E-state index contributed by atoms with van der Waals surface area (Å²) < 4.78 is 0. The summed E-state index contributed by atoms with van der Waals surface area (Å²) in [7, 11) is 0. The summed E-state index contributed by atoms with van der Waals surface area (Å²) in [6.45, 7) is 13.0. The molecule has 2 aliphatic carbocycles. The number of allylic oxidation sites excluding steroid dienone is 4. The standard InChI is InChI=1S/C33H41N3O4/c1-20-27(31(40)36(34-20)19-32(2,3)4)28-29(38)22(30(28)39)18-26-33(5,6)23-14-9-10-15-24(23)35(26)17-11-16-25(37)21-12-7-8-13-21/h9-10,14-15,18,21,38H,7-8,11-13,16-17,19H2,1-6H3/b26-18-,28-27-. The Morgan fingerprint density at radius 1 is 1.12 bits per heavy atom. The Labute approximate surface area is 237 Å². The van der Waals surface area contributed by atoms with Gasteiger partial charge in [-0.15, -0.1) is 0 Å². The van der Waals surface area contributed by atoms with Crippen LogP contribution in [0.2, 0.25) is 0 Å². The van der Waals surface area contributed by atoms with Crippen molar-refractivity contribution < 1.29 is 19.5 Å². The molecule has 2 heterocycles. The lowest BCUT2D eigenvalue weighted by atomic mass is 9.79. The fourth-order valence-corrected chi connectivity index (χ4v) is 6.53. The Morgan fingerprint density at radius 3 is 2.45 bits per heavy atom. The molecule has 1 amide bonds. The fourth-order valence-electron chi connectivity index (χ4n) is 6.53. The second-order valence-electron chi connectivity index (χ2n) is 13.3. The summed E-state index contributed by atoms with van der Waals surface area (Å²) in [4.78, 5) is 41.6. The van der Waals surface area contributed by atoms with Crippen LogP contribution in [0.4, 0.5) is 5.69 Å². The Balaban J connectivity index is 1.44. The molecule has 0 aromatic heterocycles. The number of Topliss-reactive ketones (excluding diaryl/α,β-unsaturated/α-hetero) is 2. The van der Waals surface area contributed by atoms with Gasteiger partial charge in [0.25, 0.3) is 5.91 Å². The molecule has 0 spiro atoms. The van der Waals surface area contributed by atoms with E-state index in [1.54, 1.807) is 13.0 Å². The number of amides is 1. The number of fused-ring (bicyclic) bond motifs is 1. The Hall–Kier alpha value is -3.48. The van der Waals surface area contributed by atoms with E-state index in [1.165, 1.54) is 5.01 Å². The summed E-state index contributed by atoms with van der Waals surface area (Å²) in [5, 5.41) is 16.9. The molecular weight excluding hydrogens is 502 g/mol. The molecule has 1 N–H and O–H groups in total. The first-order chi connectivity index (χ1) is 18.8. The third-order valence-corrected chi connectivity index (χ3v) is 8.61. The largest absolute Gasteiger partial charge is 0.506 e. The number of ketones is 2. The number of carbonyl (C=O) groups is 3. The van der Waals surface area contributed by atoms with E-state index in [-0.39, 0.29) is 45.5 Å². The van der Waals surface area contributed by atoms with Crippen molar-refractivity contribution in [2.24, 2.45) is 16.4 Å². The lowest BCUT2D eigenvalue weighted by Crippen LogP contribution is -2.34. The van der Waals surface area contributed by atoms with Crippen molar-refractivity contribution >= 4 is 28.9 Å². The normalized spacial score (nSPS) is 23.9. The van der Waals surface area contributed by atoms with E-state index in [2.05, 4.69) is 36.0 Å². The Kier molecular flexibility index (Phi) is 7.13. The molecule has 0 unspecified atom stereocenters. The number of hydrazone groups is 1. The van der Waals surface area contributed by atoms with E-state index >= 15 is 0 Å². The number of benzene rings is 1. The minimum absolute atomic E-state index is 0.0523. The van der Waals surface area contributed by atoms with Crippen LogP contribution in [-0.4, -0.2) is 46.4 Å². The minimum Gasteiger partial charge on any atom is -0.506 e. The zero-order valence-electron chi connectivity index (χ0n) is 24.6. The predicted molar refractivity (Wildman–Crippen MR) is 157 cm³/mol. The SMILES string of the molecule is CC1=NN(CC(C)(C)C)C(=O)/C1=C1\C(=O)C(/C=C2\N(CCCC(=O)C3CCCC3)c3ccccc3C2(C)C)=C1O. The van der Waals surface area contributed by atoms with Gasteiger partial charge in [-0.05, 0) is 49.3 Å². The van der Waals surface area contributed by atoms with E-state index in [0.717, 1.165) is 49.1 Å². The second-order valence-corrected chi connectivity index (χ2v) is 13.3. The van der Waals surface area contributed by atoms with Gasteiger partial charge >= 0.3 is 0 Å². The first kappa shape index (κ1) is 28.1. The molecule has 0 bridgehead atoms. The van der Waals surface area contributed by atoms with Gasteiger partial charge in [0, 0.05) is 42.2 Å². The van der Waals surface area contributed by atoms with Crippen LogP contribution in [0.5, 0.6) is 0 Å². The van der Waals surface area contributed by atoms with Gasteiger partial charge in [-0.2, -0.15) is 5.10 Å². The summed E-state index contributed by atoms with van der Waals surface area (Å²) in [6.07, 6.45) is 7.36. The molecule has 0 atom stereocenters. The first-order valence-corrected chi connectivity index (χ1v) is 14.5. The van der Waals surface area contributed by atoms with Crippen molar-refractivity contribution in [1.82, 2.24) is 5.01 Å². The van der Waals surface area contributed by atoms with Crippen LogP contribution in [-0.2, 0) is 19.8 Å². The highest BCUT2D eigenvalue weighted by atomic mass is 16.3. The first-order valence-electron chi connectivity index (χ1n) is 14.5. The molecule has 1 saturated carbocycles.